The van der Waals surface area contributed by atoms with E-state index in [1.807, 2.05) is 0 Å². The molecule has 1 heterocycles. The van der Waals surface area contributed by atoms with Gasteiger partial charge in [0, 0.05) is 18.2 Å². The lowest BCUT2D eigenvalue weighted by Crippen LogP contribution is -2.22. The summed E-state index contributed by atoms with van der Waals surface area (Å²) in [4.78, 5) is 2.43. The van der Waals surface area contributed by atoms with Gasteiger partial charge in [0.1, 0.15) is 5.75 Å². The fraction of sp³-hybridized carbons (Fsp3) is 0.667. The van der Waals surface area contributed by atoms with Gasteiger partial charge < -0.3 is 10.5 Å². The maximum Gasteiger partial charge on any atom is 0.127 e. The first-order valence-corrected chi connectivity index (χ1v) is 7.87. The predicted molar refractivity (Wildman–Crippen MR) is 89.0 cm³/mol. The normalized spacial score (nSPS) is 23.6. The van der Waals surface area contributed by atoms with Gasteiger partial charge in [-0.1, -0.05) is 32.9 Å². The smallest absolute Gasteiger partial charge is 0.127 e. The lowest BCUT2D eigenvalue weighted by molar-refractivity contribution is 0.299. The average Bonchev–Trinajstić information content (AvgIpc) is 2.77. The lowest BCUT2D eigenvalue weighted by Gasteiger charge is -2.29. The van der Waals surface area contributed by atoms with Crippen molar-refractivity contribution in [3.8, 4) is 5.75 Å². The molecule has 2 unspecified atom stereocenters. The Hall–Kier alpha value is -1.06. The molecule has 1 saturated heterocycles. The van der Waals surface area contributed by atoms with Gasteiger partial charge in [-0.25, -0.2) is 0 Å². The summed E-state index contributed by atoms with van der Waals surface area (Å²) in [7, 11) is 3.99. The highest BCUT2D eigenvalue weighted by atomic mass is 16.5. The van der Waals surface area contributed by atoms with Gasteiger partial charge in [-0.3, -0.25) is 4.90 Å². The molecule has 1 aliphatic heterocycles. The van der Waals surface area contributed by atoms with E-state index < -0.39 is 0 Å². The number of benzene rings is 1. The Kier molecular flexibility index (Phi) is 4.64. The summed E-state index contributed by atoms with van der Waals surface area (Å²) in [6, 6.07) is 4.87. The zero-order valence-corrected chi connectivity index (χ0v) is 14.4. The first-order chi connectivity index (χ1) is 9.79. The summed E-state index contributed by atoms with van der Waals surface area (Å²) >= 11 is 0. The van der Waals surface area contributed by atoms with Gasteiger partial charge in [-0.2, -0.15) is 0 Å². The van der Waals surface area contributed by atoms with Gasteiger partial charge in [0.15, 0.2) is 0 Å². The van der Waals surface area contributed by atoms with E-state index in [2.05, 4.69) is 51.8 Å². The van der Waals surface area contributed by atoms with Crippen LogP contribution in [0.4, 0.5) is 0 Å². The van der Waals surface area contributed by atoms with Gasteiger partial charge in [-0.15, -0.1) is 0 Å². The molecule has 118 valence electrons. The molecule has 0 amide bonds. The molecule has 2 N–H and O–H groups in total. The van der Waals surface area contributed by atoms with Crippen molar-refractivity contribution in [1.82, 2.24) is 4.90 Å². The van der Waals surface area contributed by atoms with Crippen LogP contribution < -0.4 is 10.5 Å². The fourth-order valence-corrected chi connectivity index (χ4v) is 3.54. The van der Waals surface area contributed by atoms with E-state index in [0.717, 1.165) is 25.3 Å². The number of nitrogens with zero attached hydrogens (tertiary/aromatic N) is 1. The summed E-state index contributed by atoms with van der Waals surface area (Å²) in [5.74, 6) is 1.65. The quantitative estimate of drug-likeness (QED) is 0.928. The van der Waals surface area contributed by atoms with Crippen molar-refractivity contribution >= 4 is 0 Å². The van der Waals surface area contributed by atoms with Crippen LogP contribution in [0.2, 0.25) is 0 Å². The molecule has 2 rings (SSSR count). The third-order valence-corrected chi connectivity index (χ3v) is 4.73. The second-order valence-corrected chi connectivity index (χ2v) is 7.42. The molecular formula is C18H30N2O. The standard InChI is InChI=1S/C18H30N2O/c1-12-7-8-14(18(2,3)4)17(21-6)16(12)15-9-13(10-19)11-20(15)5/h7-8,13,15H,9-11,19H2,1-6H3. The molecule has 3 nitrogen and oxygen atoms in total. The van der Waals surface area contributed by atoms with Crippen LogP contribution in [0.5, 0.6) is 5.75 Å². The molecule has 1 aromatic rings. The van der Waals surface area contributed by atoms with Crippen LogP contribution in [0.3, 0.4) is 0 Å². The zero-order valence-electron chi connectivity index (χ0n) is 14.4. The number of rotatable bonds is 3. The van der Waals surface area contributed by atoms with E-state index in [0.29, 0.717) is 12.0 Å². The SMILES string of the molecule is COc1c(C(C)(C)C)ccc(C)c1C1CC(CN)CN1C. The van der Waals surface area contributed by atoms with Crippen molar-refractivity contribution in [3.05, 3.63) is 28.8 Å². The van der Waals surface area contributed by atoms with E-state index in [9.17, 15) is 0 Å². The lowest BCUT2D eigenvalue weighted by atomic mass is 9.82. The van der Waals surface area contributed by atoms with E-state index >= 15 is 0 Å². The van der Waals surface area contributed by atoms with Crippen molar-refractivity contribution < 1.29 is 4.74 Å². The molecular weight excluding hydrogens is 260 g/mol. The Morgan fingerprint density at radius 1 is 1.33 bits per heavy atom. The molecule has 21 heavy (non-hydrogen) atoms. The molecule has 1 fully saturated rings. The molecule has 3 heteroatoms. The molecule has 1 aromatic carbocycles. The van der Waals surface area contributed by atoms with Crippen LogP contribution >= 0.6 is 0 Å². The number of aryl methyl sites for hydroxylation is 1. The maximum atomic E-state index is 5.89. The molecule has 0 radical (unpaired) electrons. The molecule has 2 atom stereocenters. The summed E-state index contributed by atoms with van der Waals surface area (Å²) in [5.41, 5.74) is 9.92. The highest BCUT2D eigenvalue weighted by Crippen LogP contribution is 2.44. The van der Waals surface area contributed by atoms with Gasteiger partial charge in [0.2, 0.25) is 0 Å². The number of ether oxygens (including phenoxy) is 1. The van der Waals surface area contributed by atoms with E-state index in [4.69, 9.17) is 10.5 Å². The third-order valence-electron chi connectivity index (χ3n) is 4.73. The highest BCUT2D eigenvalue weighted by molar-refractivity contribution is 5.51. The number of methoxy groups -OCH3 is 1. The molecule has 0 bridgehead atoms. The summed E-state index contributed by atoms with van der Waals surface area (Å²) in [6.45, 7) is 10.7. The monoisotopic (exact) mass is 290 g/mol. The highest BCUT2D eigenvalue weighted by Gasteiger charge is 2.34. The van der Waals surface area contributed by atoms with E-state index in [-0.39, 0.29) is 5.41 Å². The number of hydrogen-bond donors (Lipinski definition) is 1. The Labute approximate surface area is 129 Å². The second-order valence-electron chi connectivity index (χ2n) is 7.42. The average molecular weight is 290 g/mol. The topological polar surface area (TPSA) is 38.5 Å². The predicted octanol–water partition coefficient (Wildman–Crippen LogP) is 3.25. The number of hydrogen-bond acceptors (Lipinski definition) is 3. The summed E-state index contributed by atoms with van der Waals surface area (Å²) < 4.78 is 5.86. The van der Waals surface area contributed by atoms with E-state index in [1.165, 1.54) is 16.7 Å². The molecule has 0 aromatic heterocycles. The minimum atomic E-state index is 0.0816. The second kappa shape index (κ2) is 5.98. The fourth-order valence-electron chi connectivity index (χ4n) is 3.54. The maximum absolute atomic E-state index is 5.89. The van der Waals surface area contributed by atoms with Gasteiger partial charge >= 0.3 is 0 Å². The van der Waals surface area contributed by atoms with Crippen molar-refractivity contribution in [2.75, 3.05) is 27.2 Å². The van der Waals surface area contributed by atoms with Crippen LogP contribution in [0, 0.1) is 12.8 Å². The Bertz CT molecular complexity index is 505. The van der Waals surface area contributed by atoms with Crippen molar-refractivity contribution in [3.63, 3.8) is 0 Å². The van der Waals surface area contributed by atoms with Crippen molar-refractivity contribution in [2.24, 2.45) is 11.7 Å². The number of likely N-dealkylation sites (tertiary alicyclic amines) is 1. The van der Waals surface area contributed by atoms with Crippen LogP contribution in [-0.4, -0.2) is 32.1 Å². The Balaban J connectivity index is 2.52. The molecule has 0 spiro atoms. The van der Waals surface area contributed by atoms with E-state index in [1.54, 1.807) is 7.11 Å². The molecule has 0 saturated carbocycles. The number of nitrogens with two attached hydrogens (primary N) is 1. The van der Waals surface area contributed by atoms with Crippen LogP contribution in [-0.2, 0) is 5.41 Å². The molecule has 1 aliphatic rings. The Morgan fingerprint density at radius 3 is 2.48 bits per heavy atom. The first-order valence-electron chi connectivity index (χ1n) is 7.87. The van der Waals surface area contributed by atoms with Gasteiger partial charge in [-0.05, 0) is 49.4 Å². The van der Waals surface area contributed by atoms with Crippen LogP contribution in [0.1, 0.15) is 49.9 Å². The van der Waals surface area contributed by atoms with Crippen LogP contribution in [0.15, 0.2) is 12.1 Å². The van der Waals surface area contributed by atoms with Crippen molar-refractivity contribution in [2.45, 2.75) is 45.6 Å². The summed E-state index contributed by atoms with van der Waals surface area (Å²) in [6.07, 6.45) is 1.12. The molecule has 0 aliphatic carbocycles. The summed E-state index contributed by atoms with van der Waals surface area (Å²) in [5, 5.41) is 0. The zero-order chi connectivity index (χ0) is 15.8. The van der Waals surface area contributed by atoms with Crippen molar-refractivity contribution in [1.29, 1.82) is 0 Å². The van der Waals surface area contributed by atoms with Crippen LogP contribution in [0.25, 0.3) is 0 Å². The van der Waals surface area contributed by atoms with Gasteiger partial charge in [0.25, 0.3) is 0 Å². The van der Waals surface area contributed by atoms with Gasteiger partial charge in [0.05, 0.1) is 7.11 Å². The largest absolute Gasteiger partial charge is 0.496 e. The minimum absolute atomic E-state index is 0.0816. The first kappa shape index (κ1) is 16.3. The minimum Gasteiger partial charge on any atom is -0.496 e. The third kappa shape index (κ3) is 3.09. The Morgan fingerprint density at radius 2 is 2.00 bits per heavy atom.